The molecule has 1 aromatic carbocycles. The van der Waals surface area contributed by atoms with Gasteiger partial charge in [-0.2, -0.15) is 0 Å². The van der Waals surface area contributed by atoms with Crippen molar-refractivity contribution in [2.24, 2.45) is 0 Å². The molecule has 0 aliphatic rings. The molecule has 0 aliphatic heterocycles. The third kappa shape index (κ3) is 2.82. The van der Waals surface area contributed by atoms with Crippen LogP contribution >= 0.6 is 0 Å². The number of nitrogens with zero attached hydrogens (tertiary/aromatic N) is 1. The maximum atomic E-state index is 11.4. The summed E-state index contributed by atoms with van der Waals surface area (Å²) < 4.78 is 4.56. The van der Waals surface area contributed by atoms with E-state index in [0.29, 0.717) is 5.56 Å². The van der Waals surface area contributed by atoms with Crippen LogP contribution in [0.1, 0.15) is 22.8 Å². The predicted octanol–water partition coefficient (Wildman–Crippen LogP) is 1.65. The van der Waals surface area contributed by atoms with Crippen molar-refractivity contribution >= 4 is 23.3 Å². The van der Waals surface area contributed by atoms with Crippen molar-refractivity contribution in [3.8, 4) is 0 Å². The number of hydrogen-bond acceptors (Lipinski definition) is 5. The van der Waals surface area contributed by atoms with Gasteiger partial charge in [0, 0.05) is 13.0 Å². The van der Waals surface area contributed by atoms with E-state index in [-0.39, 0.29) is 16.9 Å². The van der Waals surface area contributed by atoms with Crippen molar-refractivity contribution in [2.45, 2.75) is 13.8 Å². The van der Waals surface area contributed by atoms with E-state index in [4.69, 9.17) is 0 Å². The lowest BCUT2D eigenvalue weighted by Gasteiger charge is -2.08. The number of carbonyl (C=O) groups is 2. The van der Waals surface area contributed by atoms with Gasteiger partial charge in [-0.3, -0.25) is 14.9 Å². The molecule has 1 aromatic rings. The number of hydrogen-bond donors (Lipinski definition) is 1. The first-order valence-electron chi connectivity index (χ1n) is 5.01. The van der Waals surface area contributed by atoms with Crippen LogP contribution in [0.4, 0.5) is 11.4 Å². The van der Waals surface area contributed by atoms with Gasteiger partial charge in [-0.1, -0.05) is 0 Å². The molecule has 0 aliphatic carbocycles. The number of ether oxygens (including phenoxy) is 1. The minimum absolute atomic E-state index is 0.0292. The number of amides is 1. The predicted molar refractivity (Wildman–Crippen MR) is 63.5 cm³/mol. The molecular formula is C11H12N2O5. The Kier molecular flexibility index (Phi) is 3.98. The molecule has 0 bridgehead atoms. The van der Waals surface area contributed by atoms with Gasteiger partial charge in [-0.15, -0.1) is 0 Å². The minimum atomic E-state index is -0.626. The van der Waals surface area contributed by atoms with E-state index in [1.54, 1.807) is 6.92 Å². The molecule has 1 N–H and O–H groups in total. The molecule has 0 atom stereocenters. The lowest BCUT2D eigenvalue weighted by Crippen LogP contribution is -2.11. The molecule has 7 nitrogen and oxygen atoms in total. The molecule has 0 aromatic heterocycles. The Balaban J connectivity index is 3.39. The largest absolute Gasteiger partial charge is 0.465 e. The first-order chi connectivity index (χ1) is 8.36. The summed E-state index contributed by atoms with van der Waals surface area (Å²) in [5, 5.41) is 13.2. The monoisotopic (exact) mass is 252 g/mol. The third-order valence-corrected chi connectivity index (χ3v) is 2.26. The molecule has 7 heteroatoms. The molecule has 0 heterocycles. The standard InChI is InChI=1S/C11H12N2O5/c1-6-4-10(13(16)17)9(12-7(2)14)5-8(6)11(15)18-3/h4-5H,1-3H3,(H,12,14). The summed E-state index contributed by atoms with van der Waals surface area (Å²) in [7, 11) is 1.21. The number of nitrogens with one attached hydrogen (secondary N) is 1. The summed E-state index contributed by atoms with van der Waals surface area (Å²) in [6.45, 7) is 2.78. The topological polar surface area (TPSA) is 98.5 Å². The summed E-state index contributed by atoms with van der Waals surface area (Å²) in [5.74, 6) is -1.08. The zero-order valence-electron chi connectivity index (χ0n) is 10.1. The van der Waals surface area contributed by atoms with Crippen LogP contribution in [-0.2, 0) is 9.53 Å². The van der Waals surface area contributed by atoms with Crippen molar-refractivity contribution in [1.82, 2.24) is 0 Å². The van der Waals surface area contributed by atoms with E-state index >= 15 is 0 Å². The molecule has 0 unspecified atom stereocenters. The zero-order valence-corrected chi connectivity index (χ0v) is 10.1. The Morgan fingerprint density at radius 1 is 1.39 bits per heavy atom. The van der Waals surface area contributed by atoms with Gasteiger partial charge in [0.05, 0.1) is 17.6 Å². The Bertz CT molecular complexity index is 524. The molecule has 96 valence electrons. The van der Waals surface area contributed by atoms with Gasteiger partial charge in [0.1, 0.15) is 5.69 Å². The third-order valence-electron chi connectivity index (χ3n) is 2.26. The number of nitro benzene ring substituents is 1. The summed E-state index contributed by atoms with van der Waals surface area (Å²) in [6, 6.07) is 2.46. The molecule has 0 fully saturated rings. The van der Waals surface area contributed by atoms with Gasteiger partial charge in [0.25, 0.3) is 5.69 Å². The Labute approximate surface area is 103 Å². The van der Waals surface area contributed by atoms with Gasteiger partial charge >= 0.3 is 5.97 Å². The second-order valence-corrected chi connectivity index (χ2v) is 3.61. The van der Waals surface area contributed by atoms with Crippen LogP contribution in [-0.4, -0.2) is 23.9 Å². The number of anilines is 1. The number of aryl methyl sites for hydroxylation is 1. The van der Waals surface area contributed by atoms with E-state index in [9.17, 15) is 19.7 Å². The highest BCUT2D eigenvalue weighted by Crippen LogP contribution is 2.28. The van der Waals surface area contributed by atoms with Gasteiger partial charge in [0.2, 0.25) is 5.91 Å². The van der Waals surface area contributed by atoms with E-state index in [1.807, 2.05) is 0 Å². The lowest BCUT2D eigenvalue weighted by molar-refractivity contribution is -0.384. The molecule has 0 saturated heterocycles. The average Bonchev–Trinajstić information content (AvgIpc) is 2.29. The summed E-state index contributed by atoms with van der Waals surface area (Å²) >= 11 is 0. The SMILES string of the molecule is COC(=O)c1cc(NC(C)=O)c([N+](=O)[O-])cc1C. The summed E-state index contributed by atoms with van der Waals surface area (Å²) in [6.07, 6.45) is 0. The first kappa shape index (κ1) is 13.6. The number of benzene rings is 1. The smallest absolute Gasteiger partial charge is 0.338 e. The second-order valence-electron chi connectivity index (χ2n) is 3.61. The highest BCUT2D eigenvalue weighted by molar-refractivity contribution is 5.97. The van der Waals surface area contributed by atoms with E-state index in [1.165, 1.54) is 26.2 Å². The Hall–Kier alpha value is -2.44. The van der Waals surface area contributed by atoms with Crippen LogP contribution < -0.4 is 5.32 Å². The van der Waals surface area contributed by atoms with Crippen LogP contribution in [0.5, 0.6) is 0 Å². The van der Waals surface area contributed by atoms with Crippen LogP contribution in [0.25, 0.3) is 0 Å². The van der Waals surface area contributed by atoms with Crippen LogP contribution in [0.2, 0.25) is 0 Å². The van der Waals surface area contributed by atoms with Crippen molar-refractivity contribution in [1.29, 1.82) is 0 Å². The van der Waals surface area contributed by atoms with Crippen LogP contribution in [0.15, 0.2) is 12.1 Å². The van der Waals surface area contributed by atoms with Crippen molar-refractivity contribution < 1.29 is 19.2 Å². The highest BCUT2D eigenvalue weighted by Gasteiger charge is 2.20. The summed E-state index contributed by atoms with van der Waals surface area (Å²) in [4.78, 5) is 32.6. The summed E-state index contributed by atoms with van der Waals surface area (Å²) in [5.41, 5.74) is 0.281. The molecule has 0 radical (unpaired) electrons. The van der Waals surface area contributed by atoms with E-state index in [0.717, 1.165) is 0 Å². The van der Waals surface area contributed by atoms with Crippen LogP contribution in [0, 0.1) is 17.0 Å². The highest BCUT2D eigenvalue weighted by atomic mass is 16.6. The Morgan fingerprint density at radius 3 is 2.44 bits per heavy atom. The van der Waals surface area contributed by atoms with E-state index in [2.05, 4.69) is 10.1 Å². The molecular weight excluding hydrogens is 240 g/mol. The van der Waals surface area contributed by atoms with Gasteiger partial charge in [0.15, 0.2) is 0 Å². The molecule has 0 spiro atoms. The number of rotatable bonds is 3. The van der Waals surface area contributed by atoms with Gasteiger partial charge < -0.3 is 10.1 Å². The fourth-order valence-electron chi connectivity index (χ4n) is 1.46. The maximum Gasteiger partial charge on any atom is 0.338 e. The van der Waals surface area contributed by atoms with E-state index < -0.39 is 16.8 Å². The number of nitro groups is 1. The van der Waals surface area contributed by atoms with Gasteiger partial charge in [-0.25, -0.2) is 4.79 Å². The number of methoxy groups -OCH3 is 1. The van der Waals surface area contributed by atoms with Crippen molar-refractivity contribution in [3.05, 3.63) is 33.4 Å². The maximum absolute atomic E-state index is 11.4. The second kappa shape index (κ2) is 5.26. The quantitative estimate of drug-likeness (QED) is 0.501. The van der Waals surface area contributed by atoms with Gasteiger partial charge in [-0.05, 0) is 18.6 Å². The minimum Gasteiger partial charge on any atom is -0.465 e. The fraction of sp³-hybridized carbons (Fsp3) is 0.273. The molecule has 1 rings (SSSR count). The lowest BCUT2D eigenvalue weighted by atomic mass is 10.1. The van der Waals surface area contributed by atoms with Crippen LogP contribution in [0.3, 0.4) is 0 Å². The fourth-order valence-corrected chi connectivity index (χ4v) is 1.46. The average molecular weight is 252 g/mol. The first-order valence-corrected chi connectivity index (χ1v) is 5.01. The Morgan fingerprint density at radius 2 is 2.00 bits per heavy atom. The normalized spacial score (nSPS) is 9.72. The molecule has 1 amide bonds. The van der Waals surface area contributed by atoms with Crippen molar-refractivity contribution in [3.63, 3.8) is 0 Å². The number of carbonyl (C=O) groups excluding carboxylic acids is 2. The molecule has 0 saturated carbocycles. The molecule has 18 heavy (non-hydrogen) atoms. The van der Waals surface area contributed by atoms with Crippen molar-refractivity contribution in [2.75, 3.05) is 12.4 Å². The zero-order chi connectivity index (χ0) is 13.9. The number of esters is 1.